The first-order valence-electron chi connectivity index (χ1n) is 7.64. The number of hydrogen-bond donors (Lipinski definition) is 3. The second-order valence-corrected chi connectivity index (χ2v) is 5.41. The van der Waals surface area contributed by atoms with Crippen LogP contribution < -0.4 is 29.3 Å². The third kappa shape index (κ3) is 12.1. The largest absolute Gasteiger partial charge is 1.00 e. The third-order valence-electron chi connectivity index (χ3n) is 3.34. The molecule has 0 aliphatic carbocycles. The normalized spacial score (nSPS) is 13.1. The molecule has 0 spiro atoms. The molecule has 0 heterocycles. The van der Waals surface area contributed by atoms with Crippen molar-refractivity contribution in [1.29, 1.82) is 0 Å². The Kier molecular flexibility index (Phi) is 14.6. The van der Waals surface area contributed by atoms with Gasteiger partial charge in [-0.15, -0.1) is 0 Å². The molecule has 0 aromatic carbocycles. The van der Waals surface area contributed by atoms with Crippen LogP contribution in [0.1, 0.15) is 26.2 Å². The van der Waals surface area contributed by atoms with Crippen molar-refractivity contribution in [2.24, 2.45) is 0 Å². The molecule has 0 saturated carbocycles. The maximum Gasteiger partial charge on any atom is 1.00 e. The molecule has 0 aliphatic heterocycles. The number of carboxylic acids is 2. The van der Waals surface area contributed by atoms with Crippen LogP contribution in [0.25, 0.3) is 0 Å². The van der Waals surface area contributed by atoms with Crippen LogP contribution in [0.4, 0.5) is 0 Å². The molecule has 132 valence electrons. The number of aliphatic hydroxyl groups is 1. The number of carbonyl (C=O) groups excluding carboxylic acids is 2. The molecule has 3 N–H and O–H groups in total. The molecule has 1 atom stereocenters. The molecule has 0 radical (unpaired) electrons. The summed E-state index contributed by atoms with van der Waals surface area (Å²) >= 11 is 0. The number of aliphatic hydroxyl groups excluding tert-OH is 1. The van der Waals surface area contributed by atoms with Gasteiger partial charge in [-0.3, -0.25) is 4.79 Å². The van der Waals surface area contributed by atoms with Crippen molar-refractivity contribution < 1.29 is 53.0 Å². The van der Waals surface area contributed by atoms with Crippen LogP contribution in [0.2, 0.25) is 0 Å². The van der Waals surface area contributed by atoms with Gasteiger partial charge < -0.3 is 29.9 Å². The Bertz CT molecular complexity index is 412. The van der Waals surface area contributed by atoms with Crippen molar-refractivity contribution in [1.82, 2.24) is 5.32 Å². The number of nitrogens with zero attached hydrogens (tertiary/aromatic N) is 1. The zero-order valence-electron chi connectivity index (χ0n) is 14.5. The van der Waals surface area contributed by atoms with Gasteiger partial charge in [-0.25, -0.2) is 4.79 Å². The summed E-state index contributed by atoms with van der Waals surface area (Å²) in [7, 11) is 0. The quantitative estimate of drug-likeness (QED) is 0.177. The van der Waals surface area contributed by atoms with Gasteiger partial charge in [-0.05, 0) is 6.42 Å². The van der Waals surface area contributed by atoms with Crippen LogP contribution in [-0.2, 0) is 14.4 Å². The number of hydrogen-bond acceptors (Lipinski definition) is 5. The Labute approximate surface area is 154 Å². The molecule has 24 heavy (non-hydrogen) atoms. The van der Waals surface area contributed by atoms with Crippen molar-refractivity contribution in [3.63, 3.8) is 0 Å². The molecular formula is C15H26LiN2O6+. The number of quaternary nitrogens is 1. The van der Waals surface area contributed by atoms with Crippen molar-refractivity contribution in [3.8, 4) is 0 Å². The summed E-state index contributed by atoms with van der Waals surface area (Å²) < 4.78 is -0.375. The number of aliphatic carboxylic acids is 2. The van der Waals surface area contributed by atoms with Crippen molar-refractivity contribution in [2.75, 3.05) is 39.3 Å². The fourth-order valence-corrected chi connectivity index (χ4v) is 2.24. The van der Waals surface area contributed by atoms with E-state index in [0.717, 1.165) is 12.8 Å². The van der Waals surface area contributed by atoms with Gasteiger partial charge in [0.25, 0.3) is 0 Å². The minimum Gasteiger partial charge on any atom is -0.544 e. The standard InChI is InChI=1S/C15H26N2O6.Li/c1-2-3-4-5-6-13(19)16-7-8-17(9-10-18,11-14(20)21)12-15(22)23;/h4-5,18H,2-3,6-12H2,1H3,(H2-,16,19,20,21,22,23);/q;+1/b5-4+;. The number of amides is 1. The molecule has 9 heteroatoms. The Hall–Kier alpha value is -1.33. The fraction of sp³-hybridized carbons (Fsp3) is 0.667. The zero-order valence-corrected chi connectivity index (χ0v) is 14.5. The first kappa shape index (κ1) is 24.9. The molecule has 0 saturated heterocycles. The predicted molar refractivity (Wildman–Crippen MR) is 81.1 cm³/mol. The number of unbranched alkanes of at least 4 members (excludes halogenated alkanes) is 1. The molecule has 8 nitrogen and oxygen atoms in total. The molecule has 1 amide bonds. The SMILES string of the molecule is CCC/C=C/CC(=O)NCC[N+](CCO)(CC(=O)[O-])CC(=O)O.[Li+]. The summed E-state index contributed by atoms with van der Waals surface area (Å²) in [6, 6.07) is 0. The Morgan fingerprint density at radius 3 is 2.33 bits per heavy atom. The fourth-order valence-electron chi connectivity index (χ4n) is 2.24. The van der Waals surface area contributed by atoms with E-state index in [4.69, 9.17) is 10.2 Å². The molecule has 1 unspecified atom stereocenters. The number of allylic oxidation sites excluding steroid dienone is 1. The van der Waals surface area contributed by atoms with Crippen molar-refractivity contribution in [3.05, 3.63) is 12.2 Å². The average molecular weight is 337 g/mol. The average Bonchev–Trinajstić information content (AvgIpc) is 2.42. The van der Waals surface area contributed by atoms with E-state index >= 15 is 0 Å². The van der Waals surface area contributed by atoms with E-state index in [1.54, 1.807) is 6.08 Å². The number of nitrogens with one attached hydrogen (secondary N) is 1. The van der Waals surface area contributed by atoms with Gasteiger partial charge in [0.05, 0.1) is 25.7 Å². The zero-order chi connectivity index (χ0) is 17.7. The van der Waals surface area contributed by atoms with Gasteiger partial charge in [-0.2, -0.15) is 0 Å². The van der Waals surface area contributed by atoms with Gasteiger partial charge in [0.15, 0.2) is 6.54 Å². The van der Waals surface area contributed by atoms with Gasteiger partial charge >= 0.3 is 24.8 Å². The van der Waals surface area contributed by atoms with Gasteiger partial charge in [-0.1, -0.05) is 25.5 Å². The van der Waals surface area contributed by atoms with Crippen LogP contribution in [0.15, 0.2) is 12.2 Å². The predicted octanol–water partition coefficient (Wildman–Crippen LogP) is -4.50. The summed E-state index contributed by atoms with van der Waals surface area (Å²) in [6.45, 7) is 0.871. The van der Waals surface area contributed by atoms with Crippen LogP contribution in [0, 0.1) is 0 Å². The van der Waals surface area contributed by atoms with Crippen molar-refractivity contribution in [2.45, 2.75) is 26.2 Å². The molecule has 0 aliphatic rings. The maximum absolute atomic E-state index is 11.6. The first-order valence-corrected chi connectivity index (χ1v) is 7.64. The minimum absolute atomic E-state index is 0. The molecule has 0 aromatic heterocycles. The van der Waals surface area contributed by atoms with E-state index in [2.05, 4.69) is 5.32 Å². The molecule has 0 rings (SSSR count). The van der Waals surface area contributed by atoms with E-state index in [-0.39, 0.29) is 61.9 Å². The molecule has 0 fully saturated rings. The Balaban J connectivity index is 0. The van der Waals surface area contributed by atoms with E-state index in [9.17, 15) is 19.5 Å². The van der Waals surface area contributed by atoms with Crippen LogP contribution >= 0.6 is 0 Å². The van der Waals surface area contributed by atoms with Crippen LogP contribution in [-0.4, -0.2) is 71.9 Å². The molecule has 0 aromatic rings. The summed E-state index contributed by atoms with van der Waals surface area (Å²) in [5, 5.41) is 31.5. The number of rotatable bonds is 13. The monoisotopic (exact) mass is 337 g/mol. The molecular weight excluding hydrogens is 311 g/mol. The van der Waals surface area contributed by atoms with Crippen molar-refractivity contribution >= 4 is 17.8 Å². The number of carboxylic acid groups (broad SMARTS) is 2. The van der Waals surface area contributed by atoms with Crippen LogP contribution in [0.3, 0.4) is 0 Å². The van der Waals surface area contributed by atoms with E-state index in [0.29, 0.717) is 0 Å². The summed E-state index contributed by atoms with van der Waals surface area (Å²) in [5.41, 5.74) is 0. The minimum atomic E-state index is -1.39. The third-order valence-corrected chi connectivity index (χ3v) is 3.34. The van der Waals surface area contributed by atoms with Gasteiger partial charge in [0.2, 0.25) is 5.91 Å². The second kappa shape index (κ2) is 14.0. The van der Waals surface area contributed by atoms with Gasteiger partial charge in [0.1, 0.15) is 13.1 Å². The first-order chi connectivity index (χ1) is 10.8. The van der Waals surface area contributed by atoms with Gasteiger partial charge in [0, 0.05) is 6.42 Å². The smallest absolute Gasteiger partial charge is 0.544 e. The Morgan fingerprint density at radius 1 is 1.17 bits per heavy atom. The second-order valence-electron chi connectivity index (χ2n) is 5.41. The van der Waals surface area contributed by atoms with E-state index in [1.165, 1.54) is 0 Å². The summed E-state index contributed by atoms with van der Waals surface area (Å²) in [6.07, 6.45) is 5.78. The summed E-state index contributed by atoms with van der Waals surface area (Å²) in [4.78, 5) is 33.5. The summed E-state index contributed by atoms with van der Waals surface area (Å²) in [5.74, 6) is -2.79. The van der Waals surface area contributed by atoms with E-state index < -0.39 is 25.0 Å². The Morgan fingerprint density at radius 2 is 1.83 bits per heavy atom. The molecule has 0 bridgehead atoms. The van der Waals surface area contributed by atoms with E-state index in [1.807, 2.05) is 13.0 Å². The number of carbonyl (C=O) groups is 3. The topological polar surface area (TPSA) is 127 Å². The van der Waals surface area contributed by atoms with Crippen LogP contribution in [0.5, 0.6) is 0 Å². The maximum atomic E-state index is 11.6.